The first kappa shape index (κ1) is 14.6. The minimum atomic E-state index is -0.419. The number of nitrogens with one attached hydrogen (secondary N) is 1. The van der Waals surface area contributed by atoms with Gasteiger partial charge >= 0.3 is 5.69 Å². The van der Waals surface area contributed by atoms with E-state index in [1.807, 2.05) is 0 Å². The predicted octanol–water partition coefficient (Wildman–Crippen LogP) is 3.98. The second-order valence-corrected chi connectivity index (χ2v) is 5.35. The third-order valence-electron chi connectivity index (χ3n) is 4.16. The van der Waals surface area contributed by atoms with E-state index in [1.54, 1.807) is 12.1 Å². The van der Waals surface area contributed by atoms with E-state index in [0.717, 1.165) is 12.1 Å². The first-order chi connectivity index (χ1) is 9.65. The van der Waals surface area contributed by atoms with Gasteiger partial charge in [0.15, 0.2) is 5.75 Å². The number of nitrogens with zero attached hydrogens (tertiary/aromatic N) is 1. The number of hydrogen-bond donors (Lipinski definition) is 1. The van der Waals surface area contributed by atoms with Crippen molar-refractivity contribution in [1.82, 2.24) is 0 Å². The zero-order valence-electron chi connectivity index (χ0n) is 12.1. The van der Waals surface area contributed by atoms with E-state index in [-0.39, 0.29) is 5.69 Å². The molecule has 0 aliphatic heterocycles. The van der Waals surface area contributed by atoms with Crippen LogP contribution in [0.15, 0.2) is 18.2 Å². The van der Waals surface area contributed by atoms with Gasteiger partial charge in [0.2, 0.25) is 0 Å². The van der Waals surface area contributed by atoms with Crippen LogP contribution in [0, 0.1) is 16.0 Å². The van der Waals surface area contributed by atoms with Gasteiger partial charge in [-0.3, -0.25) is 10.1 Å². The third-order valence-corrected chi connectivity index (χ3v) is 4.16. The zero-order valence-corrected chi connectivity index (χ0v) is 12.1. The van der Waals surface area contributed by atoms with Crippen LogP contribution in [0.3, 0.4) is 0 Å². The molecule has 0 aromatic heterocycles. The van der Waals surface area contributed by atoms with Gasteiger partial charge in [0.1, 0.15) is 0 Å². The highest BCUT2D eigenvalue weighted by molar-refractivity contribution is 5.58. The molecule has 1 aliphatic carbocycles. The lowest BCUT2D eigenvalue weighted by Crippen LogP contribution is -2.31. The summed E-state index contributed by atoms with van der Waals surface area (Å²) < 4.78 is 5.11. The lowest BCUT2D eigenvalue weighted by molar-refractivity contribution is -0.385. The van der Waals surface area contributed by atoms with Crippen molar-refractivity contribution in [2.45, 2.75) is 45.1 Å². The maximum absolute atomic E-state index is 10.9. The minimum Gasteiger partial charge on any atom is -0.490 e. The topological polar surface area (TPSA) is 64.4 Å². The fraction of sp³-hybridized carbons (Fsp3) is 0.600. The average molecular weight is 278 g/mol. The minimum absolute atomic E-state index is 0.00809. The molecule has 5 heteroatoms. The molecule has 20 heavy (non-hydrogen) atoms. The average Bonchev–Trinajstić information content (AvgIpc) is 2.47. The van der Waals surface area contributed by atoms with Crippen LogP contribution < -0.4 is 10.1 Å². The highest BCUT2D eigenvalue weighted by Gasteiger charge is 2.24. The van der Waals surface area contributed by atoms with Crippen molar-refractivity contribution in [3.63, 3.8) is 0 Å². The second-order valence-electron chi connectivity index (χ2n) is 5.35. The lowest BCUT2D eigenvalue weighted by atomic mass is 9.83. The van der Waals surface area contributed by atoms with Gasteiger partial charge in [-0.1, -0.05) is 26.2 Å². The molecular formula is C15H22N2O3. The Morgan fingerprint density at radius 1 is 1.40 bits per heavy atom. The fourth-order valence-corrected chi connectivity index (χ4v) is 3.02. The molecule has 1 aromatic carbocycles. The van der Waals surface area contributed by atoms with Gasteiger partial charge in [0.05, 0.1) is 12.0 Å². The Hall–Kier alpha value is -1.78. The summed E-state index contributed by atoms with van der Waals surface area (Å²) in [4.78, 5) is 10.5. The van der Waals surface area contributed by atoms with Crippen molar-refractivity contribution in [3.05, 3.63) is 28.3 Å². The first-order valence-electron chi connectivity index (χ1n) is 7.24. The van der Waals surface area contributed by atoms with Gasteiger partial charge in [0, 0.05) is 23.9 Å². The second kappa shape index (κ2) is 6.59. The molecule has 0 bridgehead atoms. The Morgan fingerprint density at radius 2 is 2.15 bits per heavy atom. The predicted molar refractivity (Wildman–Crippen MR) is 79.3 cm³/mol. The monoisotopic (exact) mass is 278 g/mol. The van der Waals surface area contributed by atoms with E-state index in [0.29, 0.717) is 17.7 Å². The molecule has 1 aromatic rings. The van der Waals surface area contributed by atoms with Crippen molar-refractivity contribution < 1.29 is 9.66 Å². The first-order valence-corrected chi connectivity index (χ1v) is 7.24. The molecule has 110 valence electrons. The van der Waals surface area contributed by atoms with Crippen molar-refractivity contribution in [1.29, 1.82) is 0 Å². The van der Waals surface area contributed by atoms with E-state index < -0.39 is 4.92 Å². The molecule has 1 aliphatic rings. The van der Waals surface area contributed by atoms with E-state index in [9.17, 15) is 10.1 Å². The molecule has 1 saturated carbocycles. The molecule has 0 heterocycles. The number of nitro groups is 1. The van der Waals surface area contributed by atoms with Gasteiger partial charge < -0.3 is 10.1 Å². The summed E-state index contributed by atoms with van der Waals surface area (Å²) in [6, 6.07) is 5.45. The van der Waals surface area contributed by atoms with Crippen LogP contribution in [-0.2, 0) is 0 Å². The van der Waals surface area contributed by atoms with Crippen molar-refractivity contribution in [3.8, 4) is 5.75 Å². The highest BCUT2D eigenvalue weighted by atomic mass is 16.6. The van der Waals surface area contributed by atoms with Gasteiger partial charge in [0.25, 0.3) is 0 Å². The largest absolute Gasteiger partial charge is 0.490 e. The van der Waals surface area contributed by atoms with Gasteiger partial charge in [-0.25, -0.2) is 0 Å². The highest BCUT2D eigenvalue weighted by Crippen LogP contribution is 2.33. The molecule has 0 radical (unpaired) electrons. The van der Waals surface area contributed by atoms with E-state index >= 15 is 0 Å². The number of anilines is 1. The fourth-order valence-electron chi connectivity index (χ4n) is 3.02. The Morgan fingerprint density at radius 3 is 2.80 bits per heavy atom. The molecule has 0 saturated heterocycles. The summed E-state index contributed by atoms with van der Waals surface area (Å²) in [6.45, 7) is 2.22. The van der Waals surface area contributed by atoms with Crippen LogP contribution in [0.4, 0.5) is 11.4 Å². The van der Waals surface area contributed by atoms with Gasteiger partial charge in [-0.15, -0.1) is 0 Å². The number of nitro benzene ring substituents is 1. The van der Waals surface area contributed by atoms with E-state index in [4.69, 9.17) is 4.74 Å². The maximum Gasteiger partial charge on any atom is 0.311 e. The summed E-state index contributed by atoms with van der Waals surface area (Å²) in [5, 5.41) is 14.4. The van der Waals surface area contributed by atoms with Crippen LogP contribution in [0.5, 0.6) is 5.75 Å². The molecule has 1 fully saturated rings. The summed E-state index contributed by atoms with van der Waals surface area (Å²) in [7, 11) is 1.46. The Labute approximate surface area is 119 Å². The standard InChI is InChI=1S/C15H22N2O3/c1-3-11-6-4-5-7-13(11)16-12-8-9-14(17(18)19)15(10-12)20-2/h8-11,13,16H,3-7H2,1-2H3. The third kappa shape index (κ3) is 3.21. The molecule has 2 atom stereocenters. The zero-order chi connectivity index (χ0) is 14.5. The van der Waals surface area contributed by atoms with Crippen molar-refractivity contribution in [2.75, 3.05) is 12.4 Å². The molecule has 5 nitrogen and oxygen atoms in total. The maximum atomic E-state index is 10.9. The molecule has 0 spiro atoms. The Kier molecular flexibility index (Phi) is 4.82. The molecule has 1 N–H and O–H groups in total. The Balaban J connectivity index is 2.14. The summed E-state index contributed by atoms with van der Waals surface area (Å²) in [5.41, 5.74) is 0.909. The van der Waals surface area contributed by atoms with Crippen LogP contribution in [0.2, 0.25) is 0 Å². The van der Waals surface area contributed by atoms with E-state index in [2.05, 4.69) is 12.2 Å². The van der Waals surface area contributed by atoms with Crippen molar-refractivity contribution in [2.24, 2.45) is 5.92 Å². The number of ether oxygens (including phenoxy) is 1. The summed E-state index contributed by atoms with van der Waals surface area (Å²) in [6.07, 6.45) is 6.15. The van der Waals surface area contributed by atoms with Crippen LogP contribution in [0.25, 0.3) is 0 Å². The molecule has 2 rings (SSSR count). The van der Waals surface area contributed by atoms with Gasteiger partial charge in [-0.2, -0.15) is 0 Å². The molecule has 0 amide bonds. The molecule has 2 unspecified atom stereocenters. The summed E-state index contributed by atoms with van der Waals surface area (Å²) in [5.74, 6) is 0.994. The number of methoxy groups -OCH3 is 1. The number of hydrogen-bond acceptors (Lipinski definition) is 4. The van der Waals surface area contributed by atoms with Crippen molar-refractivity contribution >= 4 is 11.4 Å². The van der Waals surface area contributed by atoms with Crippen LogP contribution in [0.1, 0.15) is 39.0 Å². The normalized spacial score (nSPS) is 22.3. The number of benzene rings is 1. The smallest absolute Gasteiger partial charge is 0.311 e. The lowest BCUT2D eigenvalue weighted by Gasteiger charge is -2.32. The SMILES string of the molecule is CCC1CCCCC1Nc1ccc([N+](=O)[O-])c(OC)c1. The quantitative estimate of drug-likeness (QED) is 0.653. The molecular weight excluding hydrogens is 256 g/mol. The van der Waals surface area contributed by atoms with E-state index in [1.165, 1.54) is 38.9 Å². The van der Waals surface area contributed by atoms with Crippen LogP contribution in [-0.4, -0.2) is 18.1 Å². The van der Waals surface area contributed by atoms with Gasteiger partial charge in [-0.05, 0) is 24.8 Å². The Bertz CT molecular complexity index is 476. The summed E-state index contributed by atoms with van der Waals surface area (Å²) >= 11 is 0. The number of rotatable bonds is 5. The van der Waals surface area contributed by atoms with Crippen LogP contribution >= 0.6 is 0 Å².